The number of rotatable bonds is 9. The number of aromatic nitrogens is 1. The number of nitrogens with zero attached hydrogens (tertiary/aromatic N) is 3. The number of carbonyl (C=O) groups excluding carboxylic acids is 1. The van der Waals surface area contributed by atoms with Gasteiger partial charge in [-0.2, -0.15) is 0 Å². The van der Waals surface area contributed by atoms with Crippen molar-refractivity contribution in [2.75, 3.05) is 70.9 Å². The number of hydrogen-bond donors (Lipinski definition) is 1. The normalized spacial score (nSPS) is 14.1. The molecule has 1 aromatic heterocycles. The van der Waals surface area contributed by atoms with Gasteiger partial charge in [0.15, 0.2) is 5.13 Å². The van der Waals surface area contributed by atoms with Gasteiger partial charge in [0.05, 0.1) is 37.3 Å². The van der Waals surface area contributed by atoms with E-state index in [0.29, 0.717) is 47.8 Å². The van der Waals surface area contributed by atoms with E-state index in [9.17, 15) is 4.79 Å². The van der Waals surface area contributed by atoms with Gasteiger partial charge in [0.25, 0.3) is 5.91 Å². The zero-order valence-electron chi connectivity index (χ0n) is 19.6. The summed E-state index contributed by atoms with van der Waals surface area (Å²) in [7, 11) is 5.29. The van der Waals surface area contributed by atoms with Gasteiger partial charge < -0.3 is 19.1 Å². The smallest absolute Gasteiger partial charge is 0.257 e. The number of halogens is 1. The third-order valence-electron chi connectivity index (χ3n) is 5.70. The Morgan fingerprint density at radius 2 is 2.06 bits per heavy atom. The Balaban J connectivity index is 1.56. The van der Waals surface area contributed by atoms with Crippen molar-refractivity contribution in [1.29, 1.82) is 0 Å². The number of nitrogens with one attached hydrogen (secondary N) is 1. The first-order chi connectivity index (χ1) is 16.5. The summed E-state index contributed by atoms with van der Waals surface area (Å²) in [6.45, 7) is 5.01. The second kappa shape index (κ2) is 11.3. The molecule has 1 N–H and O–H groups in total. The second-order valence-electron chi connectivity index (χ2n) is 8.07. The number of methoxy groups -OCH3 is 2. The Bertz CT molecular complexity index is 1150. The van der Waals surface area contributed by atoms with Crippen molar-refractivity contribution < 1.29 is 19.0 Å². The quantitative estimate of drug-likeness (QED) is 0.469. The van der Waals surface area contributed by atoms with Crippen molar-refractivity contribution in [3.05, 3.63) is 46.5 Å². The Morgan fingerprint density at radius 3 is 2.79 bits per heavy atom. The van der Waals surface area contributed by atoms with Crippen LogP contribution in [0.15, 0.2) is 30.3 Å². The molecule has 0 spiro atoms. The van der Waals surface area contributed by atoms with Gasteiger partial charge in [-0.05, 0) is 42.9 Å². The van der Waals surface area contributed by atoms with Gasteiger partial charge in [-0.1, -0.05) is 22.9 Å². The van der Waals surface area contributed by atoms with Crippen LogP contribution in [-0.4, -0.2) is 76.5 Å². The molecule has 0 bridgehead atoms. The molecule has 2 aromatic carbocycles. The van der Waals surface area contributed by atoms with E-state index in [1.54, 1.807) is 26.4 Å². The maximum Gasteiger partial charge on any atom is 0.257 e. The number of ether oxygens (including phenoxy) is 3. The van der Waals surface area contributed by atoms with Crippen LogP contribution in [0.25, 0.3) is 10.2 Å². The molecule has 0 radical (unpaired) electrons. The fourth-order valence-electron chi connectivity index (χ4n) is 3.86. The predicted octanol–water partition coefficient (Wildman–Crippen LogP) is 4.13. The van der Waals surface area contributed by atoms with Gasteiger partial charge in [-0.3, -0.25) is 15.0 Å². The van der Waals surface area contributed by atoms with E-state index < -0.39 is 0 Å². The van der Waals surface area contributed by atoms with E-state index in [1.165, 1.54) is 11.3 Å². The molecular formula is C24H29ClN4O4S. The van der Waals surface area contributed by atoms with Crippen LogP contribution in [0.2, 0.25) is 5.02 Å². The fourth-order valence-corrected chi connectivity index (χ4v) is 5.06. The van der Waals surface area contributed by atoms with Crippen molar-refractivity contribution in [3.8, 4) is 5.75 Å². The first-order valence-corrected chi connectivity index (χ1v) is 12.3. The van der Waals surface area contributed by atoms with E-state index in [-0.39, 0.29) is 5.91 Å². The van der Waals surface area contributed by atoms with Gasteiger partial charge in [0.1, 0.15) is 11.3 Å². The van der Waals surface area contributed by atoms with Gasteiger partial charge in [-0.15, -0.1) is 0 Å². The minimum atomic E-state index is -0.233. The summed E-state index contributed by atoms with van der Waals surface area (Å²) < 4.78 is 17.1. The summed E-state index contributed by atoms with van der Waals surface area (Å²) in [5.74, 6) is 0.444. The molecule has 3 aromatic rings. The number of benzene rings is 2. The fraction of sp³-hybridized carbons (Fsp3) is 0.417. The Labute approximate surface area is 208 Å². The highest BCUT2D eigenvalue weighted by molar-refractivity contribution is 7.23. The summed E-state index contributed by atoms with van der Waals surface area (Å²) in [6.07, 6.45) is 0. The molecule has 0 aliphatic carbocycles. The van der Waals surface area contributed by atoms with E-state index in [0.717, 1.165) is 41.1 Å². The lowest BCUT2D eigenvalue weighted by Crippen LogP contribution is -2.36. The summed E-state index contributed by atoms with van der Waals surface area (Å²) >= 11 is 7.83. The number of anilines is 2. The molecule has 10 heteroatoms. The SMILES string of the molecule is COCCN(C)Cc1cc(C(=O)Nc2nc3c(OC)ccc(N4CCOCC4)c3s2)ccc1Cl. The Kier molecular flexibility index (Phi) is 8.23. The largest absolute Gasteiger partial charge is 0.494 e. The number of amides is 1. The van der Waals surface area contributed by atoms with Gasteiger partial charge in [-0.25, -0.2) is 4.98 Å². The molecule has 34 heavy (non-hydrogen) atoms. The zero-order chi connectivity index (χ0) is 24.1. The van der Waals surface area contributed by atoms with Crippen molar-refractivity contribution in [3.63, 3.8) is 0 Å². The van der Waals surface area contributed by atoms with E-state index in [2.05, 4.69) is 20.1 Å². The van der Waals surface area contributed by atoms with Crippen molar-refractivity contribution in [2.24, 2.45) is 0 Å². The molecule has 0 saturated carbocycles. The molecule has 8 nitrogen and oxygen atoms in total. The van der Waals surface area contributed by atoms with Crippen LogP contribution < -0.4 is 15.0 Å². The van der Waals surface area contributed by atoms with Crippen LogP contribution in [0, 0.1) is 0 Å². The molecule has 1 fully saturated rings. The maximum atomic E-state index is 13.1. The number of fused-ring (bicyclic) bond motifs is 1. The van der Waals surface area contributed by atoms with Crippen LogP contribution in [0.4, 0.5) is 10.8 Å². The van der Waals surface area contributed by atoms with Crippen LogP contribution in [0.1, 0.15) is 15.9 Å². The van der Waals surface area contributed by atoms with Gasteiger partial charge in [0, 0.05) is 43.9 Å². The topological polar surface area (TPSA) is 76.2 Å². The lowest BCUT2D eigenvalue weighted by molar-refractivity contribution is 0.102. The molecular weight excluding hydrogens is 476 g/mol. The number of morpholine rings is 1. The predicted molar refractivity (Wildman–Crippen MR) is 137 cm³/mol. The Hall–Kier alpha value is -2.43. The highest BCUT2D eigenvalue weighted by Crippen LogP contribution is 2.39. The molecule has 2 heterocycles. The van der Waals surface area contributed by atoms with Crippen LogP contribution in [0.3, 0.4) is 0 Å². The molecule has 0 unspecified atom stereocenters. The van der Waals surface area contributed by atoms with Crippen LogP contribution in [-0.2, 0) is 16.0 Å². The summed E-state index contributed by atoms with van der Waals surface area (Å²) in [5.41, 5.74) is 3.22. The lowest BCUT2D eigenvalue weighted by atomic mass is 10.1. The second-order valence-corrected chi connectivity index (χ2v) is 9.48. The van der Waals surface area contributed by atoms with Crippen LogP contribution >= 0.6 is 22.9 Å². The number of carbonyl (C=O) groups is 1. The number of hydrogen-bond acceptors (Lipinski definition) is 8. The first kappa shape index (κ1) is 24.7. The average Bonchev–Trinajstić information content (AvgIpc) is 3.27. The highest BCUT2D eigenvalue weighted by Gasteiger charge is 2.20. The summed E-state index contributed by atoms with van der Waals surface area (Å²) in [6, 6.07) is 9.27. The van der Waals surface area contributed by atoms with Gasteiger partial charge in [0.2, 0.25) is 0 Å². The van der Waals surface area contributed by atoms with Crippen molar-refractivity contribution in [1.82, 2.24) is 9.88 Å². The monoisotopic (exact) mass is 504 g/mol. The molecule has 1 aliphatic heterocycles. The van der Waals surface area contributed by atoms with Crippen LogP contribution in [0.5, 0.6) is 5.75 Å². The van der Waals surface area contributed by atoms with E-state index in [4.69, 9.17) is 25.8 Å². The molecule has 1 amide bonds. The van der Waals surface area contributed by atoms with Crippen molar-refractivity contribution >= 4 is 49.9 Å². The number of likely N-dealkylation sites (N-methyl/N-ethyl adjacent to an activating group) is 1. The summed E-state index contributed by atoms with van der Waals surface area (Å²) in [4.78, 5) is 22.1. The first-order valence-electron chi connectivity index (χ1n) is 11.1. The third-order valence-corrected chi connectivity index (χ3v) is 7.07. The molecule has 182 valence electrons. The Morgan fingerprint density at radius 1 is 1.26 bits per heavy atom. The molecule has 1 saturated heterocycles. The van der Waals surface area contributed by atoms with E-state index in [1.807, 2.05) is 25.2 Å². The maximum absolute atomic E-state index is 13.1. The van der Waals surface area contributed by atoms with E-state index >= 15 is 0 Å². The zero-order valence-corrected chi connectivity index (χ0v) is 21.2. The van der Waals surface area contributed by atoms with Crippen molar-refractivity contribution in [2.45, 2.75) is 6.54 Å². The number of thiazole rings is 1. The third kappa shape index (κ3) is 5.61. The van der Waals surface area contributed by atoms with Gasteiger partial charge >= 0.3 is 0 Å². The lowest BCUT2D eigenvalue weighted by Gasteiger charge is -2.29. The molecule has 0 atom stereocenters. The molecule has 1 aliphatic rings. The standard InChI is InChI=1S/C24H29ClN4O4S/c1-28(8-11-31-2)15-17-14-16(4-5-18(17)25)23(30)27-24-26-21-20(32-3)7-6-19(22(21)34-24)29-9-12-33-13-10-29/h4-7,14H,8-13,15H2,1-3H3,(H,26,27,30). The summed E-state index contributed by atoms with van der Waals surface area (Å²) in [5, 5.41) is 4.10. The minimum absolute atomic E-state index is 0.233. The highest BCUT2D eigenvalue weighted by atomic mass is 35.5. The minimum Gasteiger partial charge on any atom is -0.494 e. The molecule has 4 rings (SSSR count). The average molecular weight is 505 g/mol.